The molecule has 1 aliphatic carbocycles. The highest BCUT2D eigenvalue weighted by molar-refractivity contribution is 5.79. The van der Waals surface area contributed by atoms with Crippen LogP contribution in [0.4, 0.5) is 0 Å². The molecule has 0 radical (unpaired) electrons. The van der Waals surface area contributed by atoms with E-state index in [4.69, 9.17) is 0 Å². The summed E-state index contributed by atoms with van der Waals surface area (Å²) in [6.07, 6.45) is 6.90. The number of tetrazole rings is 1. The van der Waals surface area contributed by atoms with E-state index in [0.29, 0.717) is 12.0 Å². The smallest absolute Gasteiger partial charge is 0.253 e. The largest absolute Gasteiger partial charge is 0.322 e. The molecule has 1 aromatic carbocycles. The van der Waals surface area contributed by atoms with Crippen molar-refractivity contribution in [1.29, 1.82) is 0 Å². The van der Waals surface area contributed by atoms with E-state index in [-0.39, 0.29) is 11.6 Å². The fourth-order valence-corrected chi connectivity index (χ4v) is 5.12. The highest BCUT2D eigenvalue weighted by atomic mass is 16.1. The molecular formula is C23H30N6O. The van der Waals surface area contributed by atoms with Crippen LogP contribution in [0.25, 0.3) is 10.9 Å². The van der Waals surface area contributed by atoms with Crippen LogP contribution in [0, 0.1) is 12.8 Å². The first-order chi connectivity index (χ1) is 14.6. The summed E-state index contributed by atoms with van der Waals surface area (Å²) in [5.74, 6) is 1.53. The van der Waals surface area contributed by atoms with E-state index in [0.717, 1.165) is 61.1 Å². The Bertz CT molecular complexity index is 1090. The Morgan fingerprint density at radius 1 is 1.10 bits per heavy atom. The summed E-state index contributed by atoms with van der Waals surface area (Å²) in [4.78, 5) is 18.7. The number of nitrogens with one attached hydrogen (secondary N) is 1. The zero-order valence-electron chi connectivity index (χ0n) is 17.8. The molecule has 5 rings (SSSR count). The molecule has 1 aliphatic heterocycles. The monoisotopic (exact) mass is 406 g/mol. The third-order valence-corrected chi connectivity index (χ3v) is 6.94. The van der Waals surface area contributed by atoms with Crippen molar-refractivity contribution in [2.24, 2.45) is 5.92 Å². The van der Waals surface area contributed by atoms with Crippen molar-refractivity contribution >= 4 is 10.9 Å². The lowest BCUT2D eigenvalue weighted by molar-refractivity contribution is 0.147. The molecule has 3 heterocycles. The lowest BCUT2D eigenvalue weighted by Crippen LogP contribution is -2.40. The van der Waals surface area contributed by atoms with Crippen LogP contribution in [0.3, 0.4) is 0 Å². The Morgan fingerprint density at radius 2 is 1.87 bits per heavy atom. The van der Waals surface area contributed by atoms with E-state index in [9.17, 15) is 4.79 Å². The molecule has 3 aromatic rings. The van der Waals surface area contributed by atoms with Crippen LogP contribution in [0.15, 0.2) is 29.1 Å². The van der Waals surface area contributed by atoms with Crippen LogP contribution in [0.1, 0.15) is 74.5 Å². The van der Waals surface area contributed by atoms with Gasteiger partial charge in [-0.15, -0.1) is 5.10 Å². The highest BCUT2D eigenvalue weighted by Gasteiger charge is 2.34. The molecular weight excluding hydrogens is 376 g/mol. The lowest BCUT2D eigenvalue weighted by atomic mass is 9.95. The minimum absolute atomic E-state index is 0.0454. The molecule has 2 fully saturated rings. The van der Waals surface area contributed by atoms with Crippen LogP contribution in [0.5, 0.6) is 0 Å². The van der Waals surface area contributed by atoms with Gasteiger partial charge in [0.2, 0.25) is 0 Å². The normalized spacial score (nSPS) is 20.2. The predicted octanol–water partition coefficient (Wildman–Crippen LogP) is 3.76. The zero-order chi connectivity index (χ0) is 20.7. The van der Waals surface area contributed by atoms with Crippen molar-refractivity contribution in [3.05, 3.63) is 51.6 Å². The van der Waals surface area contributed by atoms with Gasteiger partial charge in [-0.25, -0.2) is 4.68 Å². The molecule has 7 heteroatoms. The molecule has 0 unspecified atom stereocenters. The van der Waals surface area contributed by atoms with Crippen molar-refractivity contribution < 1.29 is 0 Å². The average molecular weight is 407 g/mol. The molecule has 158 valence electrons. The standard InChI is InChI=1S/C23H30N6O/c1-15-9-11-28(12-10-15)21(22-25-26-27-29(22)18-5-3-4-6-18)19-14-17-13-16(2)7-8-20(17)24-23(19)30/h7-8,13-15,18,21H,3-6,9-12H2,1-2H3,(H,24,30)/t21-/m0/s1. The molecule has 7 nitrogen and oxygen atoms in total. The first-order valence-electron chi connectivity index (χ1n) is 11.3. The third-order valence-electron chi connectivity index (χ3n) is 6.94. The number of rotatable bonds is 4. The number of H-pyrrole nitrogens is 1. The van der Waals surface area contributed by atoms with Crippen LogP contribution in [-0.2, 0) is 0 Å². The molecule has 0 bridgehead atoms. The Kier molecular flexibility index (Phi) is 5.15. The molecule has 1 atom stereocenters. The molecule has 1 saturated heterocycles. The fraction of sp³-hybridized carbons (Fsp3) is 0.565. The van der Waals surface area contributed by atoms with Gasteiger partial charge in [-0.05, 0) is 85.6 Å². The summed E-state index contributed by atoms with van der Waals surface area (Å²) >= 11 is 0. The van der Waals surface area contributed by atoms with Gasteiger partial charge in [0, 0.05) is 11.1 Å². The number of hydrogen-bond donors (Lipinski definition) is 1. The van der Waals surface area contributed by atoms with Gasteiger partial charge >= 0.3 is 0 Å². The summed E-state index contributed by atoms with van der Waals surface area (Å²) in [6, 6.07) is 8.31. The minimum Gasteiger partial charge on any atom is -0.322 e. The van der Waals surface area contributed by atoms with Gasteiger partial charge in [0.15, 0.2) is 5.82 Å². The number of hydrogen-bond acceptors (Lipinski definition) is 5. The summed E-state index contributed by atoms with van der Waals surface area (Å²) in [5, 5.41) is 14.0. The van der Waals surface area contributed by atoms with Crippen molar-refractivity contribution in [3.8, 4) is 0 Å². The number of nitrogens with zero attached hydrogens (tertiary/aromatic N) is 5. The Balaban J connectivity index is 1.64. The van der Waals surface area contributed by atoms with Crippen LogP contribution in [-0.4, -0.2) is 43.2 Å². The quantitative estimate of drug-likeness (QED) is 0.714. The van der Waals surface area contributed by atoms with Gasteiger partial charge in [-0.2, -0.15) is 0 Å². The molecule has 2 aromatic heterocycles. The zero-order valence-corrected chi connectivity index (χ0v) is 17.8. The van der Waals surface area contributed by atoms with Gasteiger partial charge in [-0.3, -0.25) is 9.69 Å². The summed E-state index contributed by atoms with van der Waals surface area (Å²) in [7, 11) is 0. The number of benzene rings is 1. The van der Waals surface area contributed by atoms with Crippen molar-refractivity contribution in [2.75, 3.05) is 13.1 Å². The Labute approximate surface area is 176 Å². The molecule has 0 spiro atoms. The van der Waals surface area contributed by atoms with Crippen molar-refractivity contribution in [1.82, 2.24) is 30.1 Å². The van der Waals surface area contributed by atoms with Gasteiger partial charge in [-0.1, -0.05) is 31.4 Å². The maximum Gasteiger partial charge on any atom is 0.253 e. The number of likely N-dealkylation sites (tertiary alicyclic amines) is 1. The van der Waals surface area contributed by atoms with Gasteiger partial charge in [0.25, 0.3) is 5.56 Å². The Hall–Kier alpha value is -2.54. The topological polar surface area (TPSA) is 79.7 Å². The third kappa shape index (κ3) is 3.55. The maximum atomic E-state index is 13.2. The summed E-state index contributed by atoms with van der Waals surface area (Å²) < 4.78 is 2.01. The van der Waals surface area contributed by atoms with Gasteiger partial charge in [0.05, 0.1) is 6.04 Å². The van der Waals surface area contributed by atoms with Gasteiger partial charge < -0.3 is 4.98 Å². The summed E-state index contributed by atoms with van der Waals surface area (Å²) in [6.45, 7) is 6.29. The molecule has 0 amide bonds. The number of aromatic nitrogens is 5. The maximum absolute atomic E-state index is 13.2. The van der Waals surface area contributed by atoms with E-state index >= 15 is 0 Å². The van der Waals surface area contributed by atoms with Crippen LogP contribution < -0.4 is 5.56 Å². The van der Waals surface area contributed by atoms with Crippen molar-refractivity contribution in [3.63, 3.8) is 0 Å². The van der Waals surface area contributed by atoms with Crippen molar-refractivity contribution in [2.45, 2.75) is 64.5 Å². The van der Waals surface area contributed by atoms with Crippen LogP contribution >= 0.6 is 0 Å². The number of aryl methyl sites for hydroxylation is 1. The van der Waals surface area contributed by atoms with E-state index in [1.54, 1.807) is 0 Å². The molecule has 1 saturated carbocycles. The minimum atomic E-state index is -0.221. The fourth-order valence-electron chi connectivity index (χ4n) is 5.12. The number of pyridine rings is 1. The second-order valence-corrected chi connectivity index (χ2v) is 9.19. The summed E-state index contributed by atoms with van der Waals surface area (Å²) in [5.41, 5.74) is 2.75. The Morgan fingerprint density at radius 3 is 2.63 bits per heavy atom. The predicted molar refractivity (Wildman–Crippen MR) is 116 cm³/mol. The lowest BCUT2D eigenvalue weighted by Gasteiger charge is -2.36. The SMILES string of the molecule is Cc1ccc2[nH]c(=O)c([C@@H](c3nnnn3C3CCCC3)N3CCC(C)CC3)cc2c1. The van der Waals surface area contributed by atoms with Gasteiger partial charge in [0.1, 0.15) is 6.04 Å². The van der Waals surface area contributed by atoms with E-state index < -0.39 is 0 Å². The molecule has 30 heavy (non-hydrogen) atoms. The number of aromatic amines is 1. The number of fused-ring (bicyclic) bond motifs is 1. The molecule has 2 aliphatic rings. The molecule has 1 N–H and O–H groups in total. The second-order valence-electron chi connectivity index (χ2n) is 9.19. The van der Waals surface area contributed by atoms with E-state index in [1.165, 1.54) is 18.4 Å². The average Bonchev–Trinajstić information content (AvgIpc) is 3.42. The van der Waals surface area contributed by atoms with Crippen LogP contribution in [0.2, 0.25) is 0 Å². The first kappa shape index (κ1) is 19.4. The number of piperidine rings is 1. The first-order valence-corrected chi connectivity index (χ1v) is 11.3. The van der Waals surface area contributed by atoms with E-state index in [2.05, 4.69) is 51.4 Å². The second kappa shape index (κ2) is 7.95. The van der Waals surface area contributed by atoms with E-state index in [1.807, 2.05) is 16.8 Å². The highest BCUT2D eigenvalue weighted by Crippen LogP contribution is 2.35.